The third-order valence-electron chi connectivity index (χ3n) is 4.78. The van der Waals surface area contributed by atoms with Gasteiger partial charge in [0, 0.05) is 27.1 Å². The van der Waals surface area contributed by atoms with Gasteiger partial charge in [-0.25, -0.2) is 14.8 Å². The number of thiophene rings is 1. The molecule has 0 bridgehead atoms. The summed E-state index contributed by atoms with van der Waals surface area (Å²) >= 11 is 3.06. The first kappa shape index (κ1) is 22.0. The molecule has 1 aromatic carbocycles. The normalized spacial score (nSPS) is 11.0. The van der Waals surface area contributed by atoms with E-state index in [1.807, 2.05) is 41.8 Å². The number of hydrogen-bond acceptors (Lipinski definition) is 7. The van der Waals surface area contributed by atoms with Crippen LogP contribution in [0.2, 0.25) is 0 Å². The molecule has 0 saturated carbocycles. The number of carboxylic acids is 1. The molecule has 4 aromatic rings. The first-order valence-corrected chi connectivity index (χ1v) is 11.8. The van der Waals surface area contributed by atoms with Gasteiger partial charge in [-0.05, 0) is 42.0 Å². The third-order valence-corrected chi connectivity index (χ3v) is 6.70. The topological polar surface area (TPSA) is 84.3 Å². The molecule has 0 aliphatic rings. The van der Waals surface area contributed by atoms with E-state index < -0.39 is 5.97 Å². The van der Waals surface area contributed by atoms with E-state index in [1.54, 1.807) is 30.7 Å². The summed E-state index contributed by atoms with van der Waals surface area (Å²) in [6.45, 7) is 4.32. The minimum atomic E-state index is -1.04. The van der Waals surface area contributed by atoms with Crippen molar-refractivity contribution in [2.45, 2.75) is 20.3 Å². The van der Waals surface area contributed by atoms with Gasteiger partial charge in [0.1, 0.15) is 17.1 Å². The molecule has 8 heteroatoms. The molecule has 0 unspecified atom stereocenters. The van der Waals surface area contributed by atoms with E-state index in [0.717, 1.165) is 38.7 Å². The number of hydrogen-bond donors (Lipinski definition) is 2. The Balaban J connectivity index is 1.71. The van der Waals surface area contributed by atoms with E-state index >= 15 is 0 Å². The van der Waals surface area contributed by atoms with Crippen LogP contribution >= 0.6 is 22.7 Å². The Morgan fingerprint density at radius 1 is 1.19 bits per heavy atom. The molecule has 0 spiro atoms. The number of aromatic nitrogens is 2. The van der Waals surface area contributed by atoms with Crippen LogP contribution < -0.4 is 10.1 Å². The van der Waals surface area contributed by atoms with Crippen molar-refractivity contribution in [3.63, 3.8) is 0 Å². The molecule has 0 fully saturated rings. The molecule has 2 N–H and O–H groups in total. The number of nitrogens with one attached hydrogen (secondary N) is 1. The highest BCUT2D eigenvalue weighted by Crippen LogP contribution is 2.36. The molecule has 0 aliphatic carbocycles. The van der Waals surface area contributed by atoms with Crippen LogP contribution in [-0.2, 0) is 6.42 Å². The summed E-state index contributed by atoms with van der Waals surface area (Å²) in [6.07, 6.45) is 2.55. The molecule has 3 aromatic heterocycles. The predicted molar refractivity (Wildman–Crippen MR) is 130 cm³/mol. The summed E-state index contributed by atoms with van der Waals surface area (Å²) in [7, 11) is 1.64. The van der Waals surface area contributed by atoms with Crippen LogP contribution in [0.15, 0.2) is 54.0 Å². The van der Waals surface area contributed by atoms with Crippen molar-refractivity contribution < 1.29 is 14.6 Å². The molecular weight excluding hydrogens is 442 g/mol. The fraction of sp³-hybridized carbons (Fsp3) is 0.208. The fourth-order valence-corrected chi connectivity index (χ4v) is 5.22. The van der Waals surface area contributed by atoms with E-state index in [1.165, 1.54) is 11.3 Å². The lowest BCUT2D eigenvalue weighted by atomic mass is 10.0. The largest absolute Gasteiger partial charge is 0.497 e. The number of methoxy groups -OCH3 is 1. The molecule has 6 nitrogen and oxygen atoms in total. The highest BCUT2D eigenvalue weighted by molar-refractivity contribution is 7.16. The lowest BCUT2D eigenvalue weighted by Crippen LogP contribution is -2.05. The van der Waals surface area contributed by atoms with E-state index in [4.69, 9.17) is 9.72 Å². The highest BCUT2D eigenvalue weighted by atomic mass is 32.1. The maximum atomic E-state index is 11.9. The van der Waals surface area contributed by atoms with Gasteiger partial charge < -0.3 is 15.2 Å². The zero-order valence-corrected chi connectivity index (χ0v) is 19.6. The molecule has 164 valence electrons. The Hall–Kier alpha value is -3.23. The zero-order chi connectivity index (χ0) is 22.7. The van der Waals surface area contributed by atoms with E-state index in [2.05, 4.69) is 24.1 Å². The predicted octanol–water partition coefficient (Wildman–Crippen LogP) is 6.58. The smallest absolute Gasteiger partial charge is 0.339 e. The number of aromatic carboxylic acids is 1. The average molecular weight is 466 g/mol. The number of carbonyl (C=O) groups is 1. The molecule has 32 heavy (non-hydrogen) atoms. The quantitative estimate of drug-likeness (QED) is 0.306. The number of anilines is 2. The SMILES string of the molecule is COc1cccc(-c2nc(Nc3ncc(-c4cccs4)cc3C(=O)O)sc2CC(C)C)c1. The van der Waals surface area contributed by atoms with Gasteiger partial charge in [-0.15, -0.1) is 22.7 Å². The summed E-state index contributed by atoms with van der Waals surface area (Å²) in [5.41, 5.74) is 2.72. The van der Waals surface area contributed by atoms with Gasteiger partial charge in [0.25, 0.3) is 0 Å². The van der Waals surface area contributed by atoms with E-state index in [0.29, 0.717) is 11.0 Å². The van der Waals surface area contributed by atoms with Crippen molar-refractivity contribution in [2.24, 2.45) is 5.92 Å². The minimum absolute atomic E-state index is 0.111. The number of nitrogens with zero attached hydrogens (tertiary/aromatic N) is 2. The Kier molecular flexibility index (Phi) is 6.53. The maximum Gasteiger partial charge on any atom is 0.339 e. The number of benzene rings is 1. The van der Waals surface area contributed by atoms with Gasteiger partial charge in [0.05, 0.1) is 12.8 Å². The van der Waals surface area contributed by atoms with Crippen molar-refractivity contribution in [1.82, 2.24) is 9.97 Å². The number of ether oxygens (including phenoxy) is 1. The summed E-state index contributed by atoms with van der Waals surface area (Å²) < 4.78 is 5.37. The van der Waals surface area contributed by atoms with Crippen LogP contribution in [0.1, 0.15) is 29.1 Å². The molecule has 4 rings (SSSR count). The molecular formula is C24H23N3O3S2. The first-order valence-electron chi connectivity index (χ1n) is 10.1. The Labute approximate surface area is 194 Å². The summed E-state index contributed by atoms with van der Waals surface area (Å²) in [5.74, 6) is 0.454. The summed E-state index contributed by atoms with van der Waals surface area (Å²) in [4.78, 5) is 23.2. The zero-order valence-electron chi connectivity index (χ0n) is 18.0. The van der Waals surface area contributed by atoms with Crippen LogP contribution in [0.25, 0.3) is 21.7 Å². The standard InChI is InChI=1S/C24H23N3O3S2/c1-14(2)10-20-21(15-6-4-7-17(11-15)30-3)26-24(32-20)27-22-18(23(28)29)12-16(13-25-22)19-8-5-9-31-19/h4-9,11-14H,10H2,1-3H3,(H,28,29)(H,25,26,27). The van der Waals surface area contributed by atoms with Crippen molar-refractivity contribution in [3.05, 3.63) is 64.5 Å². The highest BCUT2D eigenvalue weighted by Gasteiger charge is 2.19. The number of carboxylic acid groups (broad SMARTS) is 1. The Morgan fingerprint density at radius 2 is 2.03 bits per heavy atom. The molecule has 0 aliphatic heterocycles. The van der Waals surface area contributed by atoms with Crippen LogP contribution in [-0.4, -0.2) is 28.2 Å². The van der Waals surface area contributed by atoms with Crippen LogP contribution in [0.5, 0.6) is 5.75 Å². The maximum absolute atomic E-state index is 11.9. The second-order valence-electron chi connectivity index (χ2n) is 7.65. The first-order chi connectivity index (χ1) is 15.4. The second-order valence-corrected chi connectivity index (χ2v) is 9.68. The fourth-order valence-electron chi connectivity index (χ4n) is 3.32. The summed E-state index contributed by atoms with van der Waals surface area (Å²) in [6, 6.07) is 13.3. The van der Waals surface area contributed by atoms with Crippen LogP contribution in [0.4, 0.5) is 10.9 Å². The van der Waals surface area contributed by atoms with E-state index in [-0.39, 0.29) is 11.4 Å². The lowest BCUT2D eigenvalue weighted by Gasteiger charge is -2.07. The Bertz CT molecular complexity index is 1230. The second kappa shape index (κ2) is 9.50. The van der Waals surface area contributed by atoms with Crippen molar-refractivity contribution in [2.75, 3.05) is 12.4 Å². The van der Waals surface area contributed by atoms with Crippen molar-refractivity contribution >= 4 is 39.6 Å². The number of rotatable bonds is 8. The van der Waals surface area contributed by atoms with Gasteiger partial charge in [-0.1, -0.05) is 32.0 Å². The van der Waals surface area contributed by atoms with Gasteiger partial charge in [0.15, 0.2) is 5.13 Å². The minimum Gasteiger partial charge on any atom is -0.497 e. The molecule has 0 amide bonds. The van der Waals surface area contributed by atoms with Gasteiger partial charge in [-0.3, -0.25) is 0 Å². The molecule has 3 heterocycles. The van der Waals surface area contributed by atoms with Gasteiger partial charge >= 0.3 is 5.97 Å². The molecule has 0 saturated heterocycles. The molecule has 0 atom stereocenters. The molecule has 0 radical (unpaired) electrons. The number of thiazole rings is 1. The van der Waals surface area contributed by atoms with Crippen molar-refractivity contribution in [1.29, 1.82) is 0 Å². The van der Waals surface area contributed by atoms with E-state index in [9.17, 15) is 9.90 Å². The van der Waals surface area contributed by atoms with Crippen LogP contribution in [0, 0.1) is 5.92 Å². The lowest BCUT2D eigenvalue weighted by molar-refractivity contribution is 0.0697. The number of pyridine rings is 1. The Morgan fingerprint density at radius 3 is 2.72 bits per heavy atom. The van der Waals surface area contributed by atoms with Gasteiger partial charge in [0.2, 0.25) is 0 Å². The monoisotopic (exact) mass is 465 g/mol. The summed E-state index contributed by atoms with van der Waals surface area (Å²) in [5, 5.41) is 15.5. The average Bonchev–Trinajstić information content (AvgIpc) is 3.44. The van der Waals surface area contributed by atoms with Crippen molar-refractivity contribution in [3.8, 4) is 27.4 Å². The van der Waals surface area contributed by atoms with Gasteiger partial charge in [-0.2, -0.15) is 0 Å². The van der Waals surface area contributed by atoms with Crippen LogP contribution in [0.3, 0.4) is 0 Å². The third kappa shape index (κ3) is 4.81.